The maximum atomic E-state index is 5.44. The first kappa shape index (κ1) is 15.5. The van der Waals surface area contributed by atoms with E-state index in [0.29, 0.717) is 11.5 Å². The van der Waals surface area contributed by atoms with Crippen LogP contribution in [-0.2, 0) is 4.74 Å². The Morgan fingerprint density at radius 2 is 1.80 bits per heavy atom. The van der Waals surface area contributed by atoms with Crippen molar-refractivity contribution in [2.75, 3.05) is 40.4 Å². The van der Waals surface area contributed by atoms with E-state index in [4.69, 9.17) is 4.74 Å². The Labute approximate surface area is 105 Å². The number of halogens is 2. The fourth-order valence-corrected chi connectivity index (χ4v) is 2.81. The number of hydrogen-bond acceptors (Lipinski definition) is 3. The van der Waals surface area contributed by atoms with Crippen LogP contribution in [0.25, 0.3) is 0 Å². The third-order valence-corrected chi connectivity index (χ3v) is 3.63. The van der Waals surface area contributed by atoms with Gasteiger partial charge in [-0.15, -0.1) is 24.8 Å². The summed E-state index contributed by atoms with van der Waals surface area (Å²) >= 11 is 0. The highest BCUT2D eigenvalue weighted by atomic mass is 35.5. The van der Waals surface area contributed by atoms with Gasteiger partial charge in [0.15, 0.2) is 0 Å². The summed E-state index contributed by atoms with van der Waals surface area (Å²) in [5.74, 6) is 0. The molecule has 15 heavy (non-hydrogen) atoms. The van der Waals surface area contributed by atoms with Crippen molar-refractivity contribution in [3.05, 3.63) is 0 Å². The molecule has 0 radical (unpaired) electrons. The molecule has 92 valence electrons. The van der Waals surface area contributed by atoms with E-state index >= 15 is 0 Å². The predicted molar refractivity (Wildman–Crippen MR) is 67.3 cm³/mol. The summed E-state index contributed by atoms with van der Waals surface area (Å²) in [7, 11) is 4.38. The lowest BCUT2D eigenvalue weighted by Crippen LogP contribution is -2.46. The Bertz CT molecular complexity index is 184. The zero-order valence-electron chi connectivity index (χ0n) is 9.49. The van der Waals surface area contributed by atoms with Gasteiger partial charge in [-0.3, -0.25) is 0 Å². The minimum absolute atomic E-state index is 0. The Morgan fingerprint density at radius 3 is 2.33 bits per heavy atom. The fourth-order valence-electron chi connectivity index (χ4n) is 2.81. The summed E-state index contributed by atoms with van der Waals surface area (Å²) in [6.45, 7) is 4.23. The molecule has 2 fully saturated rings. The van der Waals surface area contributed by atoms with Gasteiger partial charge in [-0.1, -0.05) is 0 Å². The van der Waals surface area contributed by atoms with Crippen LogP contribution >= 0.6 is 24.8 Å². The van der Waals surface area contributed by atoms with Crippen molar-refractivity contribution in [1.82, 2.24) is 10.2 Å². The van der Waals surface area contributed by atoms with Gasteiger partial charge in [0, 0.05) is 37.8 Å². The number of nitrogens with one attached hydrogen (secondary N) is 1. The molecular weight excluding hydrogens is 235 g/mol. The Morgan fingerprint density at radius 1 is 1.20 bits per heavy atom. The summed E-state index contributed by atoms with van der Waals surface area (Å²) in [5.41, 5.74) is 0.502. The van der Waals surface area contributed by atoms with Crippen molar-refractivity contribution < 1.29 is 4.74 Å². The standard InChI is InChI=1S/C10H20N2O.2ClH/c1-12(2)9-7-11-8-10(9)3-5-13-6-4-10;;/h9,11H,3-8H2,1-2H3;2*1H. The van der Waals surface area contributed by atoms with Crippen LogP contribution in [-0.4, -0.2) is 51.3 Å². The second-order valence-corrected chi connectivity index (χ2v) is 4.59. The SMILES string of the molecule is CN(C)C1CNCC12CCOCC2.Cl.Cl. The highest BCUT2D eigenvalue weighted by Crippen LogP contribution is 2.38. The van der Waals surface area contributed by atoms with Crippen molar-refractivity contribution in [3.8, 4) is 0 Å². The molecule has 2 aliphatic rings. The van der Waals surface area contributed by atoms with Crippen molar-refractivity contribution in [1.29, 1.82) is 0 Å². The van der Waals surface area contributed by atoms with E-state index in [-0.39, 0.29) is 24.8 Å². The van der Waals surface area contributed by atoms with E-state index in [1.807, 2.05) is 0 Å². The molecule has 1 spiro atoms. The molecule has 0 amide bonds. The van der Waals surface area contributed by atoms with Crippen LogP contribution < -0.4 is 5.32 Å². The lowest BCUT2D eigenvalue weighted by Gasteiger charge is -2.40. The molecule has 2 heterocycles. The second-order valence-electron chi connectivity index (χ2n) is 4.59. The molecule has 0 aliphatic carbocycles. The summed E-state index contributed by atoms with van der Waals surface area (Å²) in [6, 6.07) is 0.705. The van der Waals surface area contributed by atoms with Crippen molar-refractivity contribution in [2.24, 2.45) is 5.41 Å². The first-order chi connectivity index (χ1) is 6.25. The fraction of sp³-hybridized carbons (Fsp3) is 1.00. The van der Waals surface area contributed by atoms with E-state index in [0.717, 1.165) is 19.8 Å². The first-order valence-corrected chi connectivity index (χ1v) is 5.19. The molecule has 2 saturated heterocycles. The van der Waals surface area contributed by atoms with Crippen molar-refractivity contribution in [3.63, 3.8) is 0 Å². The smallest absolute Gasteiger partial charge is 0.0472 e. The predicted octanol–water partition coefficient (Wildman–Crippen LogP) is 1.16. The normalized spacial score (nSPS) is 28.6. The van der Waals surface area contributed by atoms with Gasteiger partial charge in [0.05, 0.1) is 0 Å². The summed E-state index contributed by atoms with van der Waals surface area (Å²) in [5, 5.41) is 3.52. The van der Waals surface area contributed by atoms with Gasteiger partial charge in [-0.05, 0) is 26.9 Å². The average Bonchev–Trinajstić information content (AvgIpc) is 2.50. The van der Waals surface area contributed by atoms with Crippen LogP contribution in [0.15, 0.2) is 0 Å². The minimum Gasteiger partial charge on any atom is -0.381 e. The second kappa shape index (κ2) is 6.26. The Balaban J connectivity index is 0.000000980. The largest absolute Gasteiger partial charge is 0.381 e. The zero-order chi connectivity index (χ0) is 9.31. The van der Waals surface area contributed by atoms with Crippen LogP contribution in [0.5, 0.6) is 0 Å². The molecule has 0 aromatic heterocycles. The van der Waals surface area contributed by atoms with E-state index < -0.39 is 0 Å². The van der Waals surface area contributed by atoms with Gasteiger partial charge in [0.2, 0.25) is 0 Å². The van der Waals surface area contributed by atoms with Crippen LogP contribution in [0, 0.1) is 5.41 Å². The molecule has 3 nitrogen and oxygen atoms in total. The summed E-state index contributed by atoms with van der Waals surface area (Å²) < 4.78 is 5.44. The highest BCUT2D eigenvalue weighted by molar-refractivity contribution is 5.85. The number of ether oxygens (including phenoxy) is 1. The van der Waals surface area contributed by atoms with Gasteiger partial charge in [0.25, 0.3) is 0 Å². The molecular formula is C10H22Cl2N2O. The summed E-state index contributed by atoms with van der Waals surface area (Å²) in [4.78, 5) is 2.37. The topological polar surface area (TPSA) is 24.5 Å². The van der Waals surface area contributed by atoms with Gasteiger partial charge in [0.1, 0.15) is 0 Å². The van der Waals surface area contributed by atoms with Crippen LogP contribution in [0.3, 0.4) is 0 Å². The highest BCUT2D eigenvalue weighted by Gasteiger charge is 2.44. The lowest BCUT2D eigenvalue weighted by molar-refractivity contribution is -0.00613. The van der Waals surface area contributed by atoms with Crippen molar-refractivity contribution >= 4 is 24.8 Å². The quantitative estimate of drug-likeness (QED) is 0.763. The average molecular weight is 257 g/mol. The molecule has 1 atom stereocenters. The van der Waals surface area contributed by atoms with E-state index in [1.54, 1.807) is 0 Å². The van der Waals surface area contributed by atoms with Gasteiger partial charge >= 0.3 is 0 Å². The van der Waals surface area contributed by atoms with E-state index in [1.165, 1.54) is 19.4 Å². The van der Waals surface area contributed by atoms with Crippen LogP contribution in [0.1, 0.15) is 12.8 Å². The third-order valence-electron chi connectivity index (χ3n) is 3.63. The molecule has 0 saturated carbocycles. The van der Waals surface area contributed by atoms with Gasteiger partial charge < -0.3 is 15.0 Å². The van der Waals surface area contributed by atoms with Crippen LogP contribution in [0.2, 0.25) is 0 Å². The number of rotatable bonds is 1. The van der Waals surface area contributed by atoms with Gasteiger partial charge in [-0.25, -0.2) is 0 Å². The number of hydrogen-bond donors (Lipinski definition) is 1. The molecule has 0 aromatic rings. The zero-order valence-corrected chi connectivity index (χ0v) is 11.1. The molecule has 2 aliphatic heterocycles. The minimum atomic E-state index is 0. The monoisotopic (exact) mass is 256 g/mol. The molecule has 5 heteroatoms. The lowest BCUT2D eigenvalue weighted by atomic mass is 9.75. The van der Waals surface area contributed by atoms with Gasteiger partial charge in [-0.2, -0.15) is 0 Å². The summed E-state index contributed by atoms with van der Waals surface area (Å²) in [6.07, 6.45) is 2.45. The number of nitrogens with zero attached hydrogens (tertiary/aromatic N) is 1. The van der Waals surface area contributed by atoms with Crippen molar-refractivity contribution in [2.45, 2.75) is 18.9 Å². The van der Waals surface area contributed by atoms with E-state index in [2.05, 4.69) is 24.3 Å². The maximum Gasteiger partial charge on any atom is 0.0472 e. The molecule has 1 unspecified atom stereocenters. The Kier molecular flexibility index (Phi) is 6.45. The maximum absolute atomic E-state index is 5.44. The number of likely N-dealkylation sites (N-methyl/N-ethyl adjacent to an activating group) is 1. The Hall–Kier alpha value is 0.460. The molecule has 1 N–H and O–H groups in total. The first-order valence-electron chi connectivity index (χ1n) is 5.19. The molecule has 0 bridgehead atoms. The van der Waals surface area contributed by atoms with Crippen LogP contribution in [0.4, 0.5) is 0 Å². The van der Waals surface area contributed by atoms with E-state index in [9.17, 15) is 0 Å². The third kappa shape index (κ3) is 2.98. The molecule has 2 rings (SSSR count). The molecule has 0 aromatic carbocycles.